The van der Waals surface area contributed by atoms with Crippen molar-refractivity contribution < 1.29 is 9.90 Å². The number of aryl methyl sites for hydroxylation is 1. The zero-order chi connectivity index (χ0) is 20.0. The molecule has 1 aliphatic rings. The summed E-state index contributed by atoms with van der Waals surface area (Å²) in [4.78, 5) is 18.7. The first-order valence-corrected chi connectivity index (χ1v) is 9.86. The molecule has 1 aliphatic heterocycles. The number of benzene rings is 3. The van der Waals surface area contributed by atoms with Crippen LogP contribution in [0.3, 0.4) is 0 Å². The number of amides is 1. The number of nitrogens with zero attached hydrogens (tertiary/aromatic N) is 1. The third-order valence-electron chi connectivity index (χ3n) is 5.86. The number of aliphatic hydroxyl groups is 1. The molecule has 0 saturated heterocycles. The van der Waals surface area contributed by atoms with Crippen molar-refractivity contribution in [2.75, 3.05) is 11.4 Å². The Labute approximate surface area is 169 Å². The van der Waals surface area contributed by atoms with Crippen LogP contribution in [-0.4, -0.2) is 22.5 Å². The molecule has 1 atom stereocenters. The first-order chi connectivity index (χ1) is 14.1. The minimum Gasteiger partial charge on any atom is -0.372 e. The second-order valence-electron chi connectivity index (χ2n) is 7.59. The average Bonchev–Trinajstić information content (AvgIpc) is 3.20. The molecule has 0 spiro atoms. The van der Waals surface area contributed by atoms with Gasteiger partial charge in [0, 0.05) is 34.3 Å². The number of hydrogen-bond donors (Lipinski definition) is 2. The molecule has 2 heterocycles. The molecule has 4 aromatic rings. The van der Waals surface area contributed by atoms with E-state index in [2.05, 4.69) is 17.1 Å². The molecule has 0 unspecified atom stereocenters. The maximum absolute atomic E-state index is 13.7. The van der Waals surface area contributed by atoms with Gasteiger partial charge < -0.3 is 15.0 Å². The SMILES string of the molecule is Cc1[nH]c2ccccc2c1[C@]1(O)C(=O)N(CCc2ccccc2)c2ccccc21. The van der Waals surface area contributed by atoms with Crippen molar-refractivity contribution in [2.24, 2.45) is 0 Å². The van der Waals surface area contributed by atoms with Crippen molar-refractivity contribution in [2.45, 2.75) is 18.9 Å². The molecule has 3 aromatic carbocycles. The number of rotatable bonds is 4. The monoisotopic (exact) mass is 382 g/mol. The molecule has 144 valence electrons. The molecule has 0 radical (unpaired) electrons. The third kappa shape index (κ3) is 2.60. The molecular formula is C25H22N2O2. The number of carbonyl (C=O) groups excluding carboxylic acids is 1. The lowest BCUT2D eigenvalue weighted by molar-refractivity contribution is -0.132. The Balaban J connectivity index is 1.62. The van der Waals surface area contributed by atoms with Gasteiger partial charge in [0.1, 0.15) is 0 Å². The predicted octanol–water partition coefficient (Wildman–Crippen LogP) is 4.30. The second kappa shape index (κ2) is 6.61. The second-order valence-corrected chi connectivity index (χ2v) is 7.59. The summed E-state index contributed by atoms with van der Waals surface area (Å²) in [5.41, 5.74) is 3.26. The van der Waals surface area contributed by atoms with Gasteiger partial charge in [0.25, 0.3) is 5.91 Å². The van der Waals surface area contributed by atoms with Gasteiger partial charge in [0.05, 0.1) is 5.69 Å². The van der Waals surface area contributed by atoms with Gasteiger partial charge in [-0.1, -0.05) is 66.7 Å². The van der Waals surface area contributed by atoms with Gasteiger partial charge in [-0.25, -0.2) is 0 Å². The van der Waals surface area contributed by atoms with Crippen molar-refractivity contribution in [3.8, 4) is 0 Å². The Hall–Kier alpha value is -3.37. The van der Waals surface area contributed by atoms with Gasteiger partial charge in [-0.3, -0.25) is 4.79 Å². The summed E-state index contributed by atoms with van der Waals surface area (Å²) in [7, 11) is 0. The molecule has 1 aromatic heterocycles. The fraction of sp³-hybridized carbons (Fsp3) is 0.160. The van der Waals surface area contributed by atoms with Crippen LogP contribution in [0.1, 0.15) is 22.4 Å². The first-order valence-electron chi connectivity index (χ1n) is 9.86. The zero-order valence-electron chi connectivity index (χ0n) is 16.2. The third-order valence-corrected chi connectivity index (χ3v) is 5.86. The molecular weight excluding hydrogens is 360 g/mol. The maximum Gasteiger partial charge on any atom is 0.268 e. The number of anilines is 1. The lowest BCUT2D eigenvalue weighted by atomic mass is 9.85. The molecule has 0 bridgehead atoms. The predicted molar refractivity (Wildman–Crippen MR) is 115 cm³/mol. The highest BCUT2D eigenvalue weighted by Crippen LogP contribution is 2.47. The van der Waals surface area contributed by atoms with E-state index >= 15 is 0 Å². The van der Waals surface area contributed by atoms with Crippen molar-refractivity contribution in [3.63, 3.8) is 0 Å². The van der Waals surface area contributed by atoms with Crippen LogP contribution in [0.4, 0.5) is 5.69 Å². The minimum absolute atomic E-state index is 0.289. The van der Waals surface area contributed by atoms with Crippen LogP contribution in [0.2, 0.25) is 0 Å². The fourth-order valence-electron chi connectivity index (χ4n) is 4.53. The van der Waals surface area contributed by atoms with Gasteiger partial charge in [0.15, 0.2) is 5.60 Å². The van der Waals surface area contributed by atoms with Crippen LogP contribution in [0.15, 0.2) is 78.9 Å². The van der Waals surface area contributed by atoms with Crippen LogP contribution in [0.25, 0.3) is 10.9 Å². The van der Waals surface area contributed by atoms with Gasteiger partial charge in [-0.15, -0.1) is 0 Å². The molecule has 0 fully saturated rings. The fourth-order valence-corrected chi connectivity index (χ4v) is 4.53. The number of aromatic nitrogens is 1. The Kier molecular flexibility index (Phi) is 4.03. The summed E-state index contributed by atoms with van der Waals surface area (Å²) >= 11 is 0. The van der Waals surface area contributed by atoms with Gasteiger partial charge in [-0.05, 0) is 31.0 Å². The van der Waals surface area contributed by atoms with Gasteiger partial charge in [-0.2, -0.15) is 0 Å². The summed E-state index contributed by atoms with van der Waals surface area (Å²) in [6.07, 6.45) is 0.726. The average molecular weight is 382 g/mol. The first kappa shape index (κ1) is 17.7. The summed E-state index contributed by atoms with van der Waals surface area (Å²) in [5, 5.41) is 12.8. The van der Waals surface area contributed by atoms with Crippen molar-refractivity contribution in [3.05, 3.63) is 101 Å². The van der Waals surface area contributed by atoms with E-state index in [9.17, 15) is 9.90 Å². The molecule has 4 heteroatoms. The van der Waals surface area contributed by atoms with Crippen LogP contribution in [0.5, 0.6) is 0 Å². The standard InChI is InChI=1S/C25H22N2O2/c1-17-23(19-11-5-7-13-21(19)26-17)25(29)20-12-6-8-14-22(20)27(24(25)28)16-15-18-9-3-2-4-10-18/h2-14,26,29H,15-16H2,1H3/t25-/m0/s1. The van der Waals surface area contributed by atoms with E-state index in [0.29, 0.717) is 17.7 Å². The topological polar surface area (TPSA) is 56.3 Å². The van der Waals surface area contributed by atoms with Crippen LogP contribution in [-0.2, 0) is 16.8 Å². The zero-order valence-corrected chi connectivity index (χ0v) is 16.2. The Morgan fingerprint density at radius 3 is 2.45 bits per heavy atom. The molecule has 0 aliphatic carbocycles. The van der Waals surface area contributed by atoms with Gasteiger partial charge in [0.2, 0.25) is 0 Å². The van der Waals surface area contributed by atoms with Crippen LogP contribution >= 0.6 is 0 Å². The molecule has 29 heavy (non-hydrogen) atoms. The van der Waals surface area contributed by atoms with Crippen molar-refractivity contribution in [1.82, 2.24) is 4.98 Å². The van der Waals surface area contributed by atoms with Crippen molar-refractivity contribution >= 4 is 22.5 Å². The molecule has 4 nitrogen and oxygen atoms in total. The van der Waals surface area contributed by atoms with E-state index in [0.717, 1.165) is 34.3 Å². The summed E-state index contributed by atoms with van der Waals surface area (Å²) in [6.45, 7) is 2.43. The highest BCUT2D eigenvalue weighted by Gasteiger charge is 2.52. The number of hydrogen-bond acceptors (Lipinski definition) is 2. The van der Waals surface area contributed by atoms with E-state index in [1.54, 1.807) is 4.90 Å². The van der Waals surface area contributed by atoms with Crippen LogP contribution < -0.4 is 4.90 Å². The Bertz CT molecular complexity index is 1210. The van der Waals surface area contributed by atoms with E-state index in [4.69, 9.17) is 0 Å². The van der Waals surface area contributed by atoms with E-state index in [1.807, 2.05) is 73.7 Å². The number of H-pyrrole nitrogens is 1. The van der Waals surface area contributed by atoms with E-state index in [-0.39, 0.29) is 5.91 Å². The van der Waals surface area contributed by atoms with E-state index in [1.165, 1.54) is 0 Å². The normalized spacial score (nSPS) is 18.4. The Morgan fingerprint density at radius 1 is 0.931 bits per heavy atom. The van der Waals surface area contributed by atoms with Crippen molar-refractivity contribution in [1.29, 1.82) is 0 Å². The van der Waals surface area contributed by atoms with Crippen LogP contribution in [0, 0.1) is 6.92 Å². The molecule has 1 amide bonds. The number of para-hydroxylation sites is 2. The highest BCUT2D eigenvalue weighted by atomic mass is 16.3. The highest BCUT2D eigenvalue weighted by molar-refractivity contribution is 6.11. The lowest BCUT2D eigenvalue weighted by Crippen LogP contribution is -2.42. The van der Waals surface area contributed by atoms with Gasteiger partial charge >= 0.3 is 0 Å². The molecule has 0 saturated carbocycles. The van der Waals surface area contributed by atoms with E-state index < -0.39 is 5.60 Å². The lowest BCUT2D eigenvalue weighted by Gasteiger charge is -2.24. The number of nitrogens with one attached hydrogen (secondary N) is 1. The number of aromatic amines is 1. The minimum atomic E-state index is -1.70. The number of carbonyl (C=O) groups is 1. The summed E-state index contributed by atoms with van der Waals surface area (Å²) in [6, 6.07) is 25.5. The smallest absolute Gasteiger partial charge is 0.268 e. The molecule has 5 rings (SSSR count). The summed E-state index contributed by atoms with van der Waals surface area (Å²) in [5.74, 6) is -0.289. The maximum atomic E-state index is 13.7. The quantitative estimate of drug-likeness (QED) is 0.553. The largest absolute Gasteiger partial charge is 0.372 e. The summed E-state index contributed by atoms with van der Waals surface area (Å²) < 4.78 is 0. The molecule has 2 N–H and O–H groups in total. The Morgan fingerprint density at radius 2 is 1.62 bits per heavy atom. The number of fused-ring (bicyclic) bond motifs is 2.